The number of nitrogens with zero attached hydrogens (tertiary/aromatic N) is 3. The van der Waals surface area contributed by atoms with Crippen LogP contribution < -0.4 is 16.4 Å². The van der Waals surface area contributed by atoms with Gasteiger partial charge < -0.3 is 16.4 Å². The van der Waals surface area contributed by atoms with E-state index in [0.717, 1.165) is 15.0 Å². The average Bonchev–Trinajstić information content (AvgIpc) is 3.58. The summed E-state index contributed by atoms with van der Waals surface area (Å²) in [7, 11) is 0. The molecule has 1 aliphatic rings. The monoisotopic (exact) mass is 562 g/mol. The number of allylic oxidation sites excluding steroid dienone is 2. The third-order valence-corrected chi connectivity index (χ3v) is 7.24. The van der Waals surface area contributed by atoms with Gasteiger partial charge in [-0.05, 0) is 44.0 Å². The second-order valence-corrected chi connectivity index (χ2v) is 9.82. The number of amides is 2. The Kier molecular flexibility index (Phi) is 11.1. The van der Waals surface area contributed by atoms with Crippen LogP contribution in [0.2, 0.25) is 0 Å². The van der Waals surface area contributed by atoms with Crippen LogP contribution in [0.1, 0.15) is 38.5 Å². The first-order chi connectivity index (χ1) is 19.4. The predicted octanol–water partition coefficient (Wildman–Crippen LogP) is 5.32. The number of nitrogens with one attached hydrogen (secondary N) is 2. The molecule has 40 heavy (non-hydrogen) atoms. The summed E-state index contributed by atoms with van der Waals surface area (Å²) in [6.45, 7) is 10.3. The summed E-state index contributed by atoms with van der Waals surface area (Å²) in [6.07, 6.45) is 8.98. The molecule has 8 nitrogen and oxygen atoms in total. The van der Waals surface area contributed by atoms with E-state index in [2.05, 4.69) is 27.2 Å². The van der Waals surface area contributed by atoms with Gasteiger partial charge in [0.25, 0.3) is 5.91 Å². The van der Waals surface area contributed by atoms with Gasteiger partial charge in [-0.2, -0.15) is 0 Å². The number of thiophene rings is 1. The van der Waals surface area contributed by atoms with E-state index in [1.807, 2.05) is 26.0 Å². The Bertz CT molecular complexity index is 1410. The second-order valence-electron chi connectivity index (χ2n) is 8.65. The first-order valence-corrected chi connectivity index (χ1v) is 13.9. The summed E-state index contributed by atoms with van der Waals surface area (Å²) in [5, 5.41) is 7.05. The Morgan fingerprint density at radius 1 is 1.27 bits per heavy atom. The number of halogens is 1. The average molecular weight is 563 g/mol. The van der Waals surface area contributed by atoms with Gasteiger partial charge in [-0.1, -0.05) is 38.6 Å². The number of carbonyl (C=O) groups excluding carboxylic acids is 2. The fourth-order valence-corrected chi connectivity index (χ4v) is 5.08. The van der Waals surface area contributed by atoms with Crippen LogP contribution in [0.5, 0.6) is 0 Å². The Labute approximate surface area is 238 Å². The summed E-state index contributed by atoms with van der Waals surface area (Å²) in [6, 6.07) is 9.43. The maximum Gasteiger partial charge on any atom is 0.274 e. The highest BCUT2D eigenvalue weighted by Gasteiger charge is 2.37. The van der Waals surface area contributed by atoms with E-state index in [1.165, 1.54) is 23.4 Å². The number of hydrogen-bond acceptors (Lipinski definition) is 7. The van der Waals surface area contributed by atoms with Crippen molar-refractivity contribution in [1.29, 1.82) is 0 Å². The molecule has 0 spiro atoms. The minimum Gasteiger partial charge on any atom is -0.404 e. The topological polar surface area (TPSA) is 113 Å². The van der Waals surface area contributed by atoms with E-state index in [9.17, 15) is 14.0 Å². The molecule has 0 aliphatic carbocycles. The number of aromatic nitrogens is 1. The van der Waals surface area contributed by atoms with Crippen molar-refractivity contribution in [2.24, 2.45) is 10.7 Å². The zero-order valence-electron chi connectivity index (χ0n) is 23.0. The summed E-state index contributed by atoms with van der Waals surface area (Å²) in [5.74, 6) is -1.04. The minimum atomic E-state index is -0.657. The molecule has 4 N–H and O–H groups in total. The number of para-hydroxylation sites is 1. The summed E-state index contributed by atoms with van der Waals surface area (Å²) >= 11 is 1.59. The Morgan fingerprint density at radius 3 is 2.75 bits per heavy atom. The van der Waals surface area contributed by atoms with E-state index >= 15 is 0 Å². The lowest BCUT2D eigenvalue weighted by Crippen LogP contribution is -2.46. The third-order valence-electron chi connectivity index (χ3n) is 6.12. The van der Waals surface area contributed by atoms with Gasteiger partial charge in [0.1, 0.15) is 11.9 Å². The van der Waals surface area contributed by atoms with Crippen molar-refractivity contribution in [2.45, 2.75) is 46.2 Å². The molecule has 2 aromatic heterocycles. The largest absolute Gasteiger partial charge is 0.404 e. The van der Waals surface area contributed by atoms with E-state index in [-0.39, 0.29) is 24.0 Å². The first kappa shape index (κ1) is 30.2. The molecule has 3 heterocycles. The molecule has 0 bridgehead atoms. The summed E-state index contributed by atoms with van der Waals surface area (Å²) in [4.78, 5) is 37.3. The molecule has 10 heteroatoms. The molecular weight excluding hydrogens is 527 g/mol. The first-order valence-electron chi connectivity index (χ1n) is 13.1. The fourth-order valence-electron chi connectivity index (χ4n) is 4.11. The van der Waals surface area contributed by atoms with Gasteiger partial charge in [0, 0.05) is 57.6 Å². The molecule has 0 saturated carbocycles. The predicted molar refractivity (Wildman–Crippen MR) is 160 cm³/mol. The van der Waals surface area contributed by atoms with Gasteiger partial charge in [0.2, 0.25) is 5.91 Å². The van der Waals surface area contributed by atoms with Crippen LogP contribution in [0.4, 0.5) is 10.1 Å². The number of benzene rings is 1. The summed E-state index contributed by atoms with van der Waals surface area (Å²) < 4.78 is 14.9. The van der Waals surface area contributed by atoms with Crippen molar-refractivity contribution < 1.29 is 14.0 Å². The highest BCUT2D eigenvalue weighted by Crippen LogP contribution is 2.29. The van der Waals surface area contributed by atoms with Crippen molar-refractivity contribution in [2.75, 3.05) is 6.54 Å². The molecule has 1 aromatic carbocycles. The van der Waals surface area contributed by atoms with Crippen molar-refractivity contribution >= 4 is 45.1 Å². The van der Waals surface area contributed by atoms with Gasteiger partial charge >= 0.3 is 0 Å². The van der Waals surface area contributed by atoms with Gasteiger partial charge in [0.05, 0.1) is 17.9 Å². The number of aliphatic imine (C=N–C) groups is 1. The minimum absolute atomic E-state index is 0.178. The molecule has 1 unspecified atom stereocenters. The van der Waals surface area contributed by atoms with Crippen molar-refractivity contribution in [3.8, 4) is 0 Å². The molecular formula is C30H35FN6O2S. The Morgan fingerprint density at radius 2 is 2.05 bits per heavy atom. The number of carbonyl (C=O) groups is 2. The van der Waals surface area contributed by atoms with Gasteiger partial charge in [-0.25, -0.2) is 4.39 Å². The molecule has 0 radical (unpaired) electrons. The van der Waals surface area contributed by atoms with Crippen LogP contribution >= 0.6 is 11.3 Å². The normalized spacial score (nSPS) is 15.8. The quantitative estimate of drug-likeness (QED) is 0.241. The number of likely N-dealkylation sites (tertiary alicyclic amines) is 1. The van der Waals surface area contributed by atoms with Gasteiger partial charge in [-0.3, -0.25) is 24.5 Å². The maximum absolute atomic E-state index is 13.8. The van der Waals surface area contributed by atoms with Crippen LogP contribution in [0, 0.1) is 5.82 Å². The Hall–Kier alpha value is -4.31. The standard InChI is InChI=1S/C28H29FN6O2S.C2H6/c1-3-23(32-14-19(13-30)15-33-24-7-5-4-6-22(24)29)28(37)35-18(2)8-9-25(35)27(36)34-17-21-12-20-16-31-11-10-26(20)38-21;1-2/h3-7,10-13,15-16,25,32H,2,8-9,14,17,30H2,1H3,(H,34,36);1-2H3/b19-13-,23-3+,33-15?;. The molecule has 1 atom stereocenters. The maximum atomic E-state index is 13.8. The summed E-state index contributed by atoms with van der Waals surface area (Å²) in [5.41, 5.74) is 7.33. The SMILES string of the molecule is C=C1CCC(C(=O)NCc2cc3cnccc3s2)N1C(=O)/C(=C\C)NC/C(C=Nc1ccccc1F)=C/N.CC. The lowest BCUT2D eigenvalue weighted by molar-refractivity contribution is -0.134. The number of rotatable bonds is 9. The van der Waals surface area contributed by atoms with Gasteiger partial charge in [0.15, 0.2) is 0 Å². The molecule has 210 valence electrons. The van der Waals surface area contributed by atoms with E-state index in [4.69, 9.17) is 5.73 Å². The van der Waals surface area contributed by atoms with Crippen LogP contribution in [-0.4, -0.2) is 40.5 Å². The lowest BCUT2D eigenvalue weighted by atomic mass is 10.2. The number of pyridine rings is 1. The molecule has 1 fully saturated rings. The molecule has 4 rings (SSSR count). The van der Waals surface area contributed by atoms with Crippen LogP contribution in [0.15, 0.2) is 89.6 Å². The smallest absolute Gasteiger partial charge is 0.274 e. The highest BCUT2D eigenvalue weighted by atomic mass is 32.1. The van der Waals surface area contributed by atoms with Gasteiger partial charge in [-0.15, -0.1) is 11.3 Å². The van der Waals surface area contributed by atoms with Crippen molar-refractivity contribution in [3.63, 3.8) is 0 Å². The molecule has 2 amide bonds. The number of fused-ring (bicyclic) bond motifs is 1. The lowest BCUT2D eigenvalue weighted by Gasteiger charge is -2.26. The molecule has 1 aliphatic heterocycles. The van der Waals surface area contributed by atoms with E-state index in [1.54, 1.807) is 54.9 Å². The van der Waals surface area contributed by atoms with Crippen molar-refractivity contribution in [1.82, 2.24) is 20.5 Å². The van der Waals surface area contributed by atoms with Crippen LogP contribution in [0.25, 0.3) is 10.1 Å². The van der Waals surface area contributed by atoms with Crippen molar-refractivity contribution in [3.05, 3.63) is 95.3 Å². The third kappa shape index (κ3) is 7.41. The van der Waals surface area contributed by atoms with E-state index < -0.39 is 11.9 Å². The van der Waals surface area contributed by atoms with Crippen LogP contribution in [-0.2, 0) is 16.1 Å². The molecule has 1 saturated heterocycles. The second kappa shape index (κ2) is 14.7. The highest BCUT2D eigenvalue weighted by molar-refractivity contribution is 7.19. The zero-order valence-corrected chi connectivity index (χ0v) is 23.8. The van der Waals surface area contributed by atoms with E-state index in [0.29, 0.717) is 36.4 Å². The Balaban J connectivity index is 0.00000216. The number of hydrogen-bond donors (Lipinski definition) is 3. The number of nitrogens with two attached hydrogens (primary N) is 1. The van der Waals surface area contributed by atoms with Crippen LogP contribution in [0.3, 0.4) is 0 Å². The fraction of sp³-hybridized carbons (Fsp3) is 0.267. The molecule has 3 aromatic rings. The zero-order chi connectivity index (χ0) is 29.1.